The average Bonchev–Trinajstić information content (AvgIpc) is 2.84. The fraction of sp³-hybridized carbons (Fsp3) is 0.556. The van der Waals surface area contributed by atoms with E-state index in [4.69, 9.17) is 5.11 Å². The average molecular weight is 292 g/mol. The number of aliphatic hydroxyl groups excluding tert-OH is 1. The van der Waals surface area contributed by atoms with Gasteiger partial charge in [-0.15, -0.1) is 11.3 Å². The number of sulfonamides is 1. The van der Waals surface area contributed by atoms with Crippen LogP contribution in [0.1, 0.15) is 11.4 Å². The Balaban J connectivity index is 2.38. The van der Waals surface area contributed by atoms with Gasteiger partial charge in [-0.2, -0.15) is 4.31 Å². The number of nitrogens with zero attached hydrogens (tertiary/aromatic N) is 2. The molecule has 100 valence electrons. The van der Waals surface area contributed by atoms with Crippen molar-refractivity contribution in [3.8, 4) is 0 Å². The predicted molar refractivity (Wildman–Crippen MR) is 62.8 cm³/mol. The van der Waals surface area contributed by atoms with Crippen molar-refractivity contribution in [2.75, 3.05) is 6.54 Å². The fourth-order valence-electron chi connectivity index (χ4n) is 1.85. The van der Waals surface area contributed by atoms with Crippen LogP contribution in [-0.4, -0.2) is 52.6 Å². The Kier molecular flexibility index (Phi) is 3.41. The lowest BCUT2D eigenvalue weighted by molar-refractivity contribution is -0.140. The largest absolute Gasteiger partial charge is 0.480 e. The highest BCUT2D eigenvalue weighted by Crippen LogP contribution is 2.29. The van der Waals surface area contributed by atoms with Gasteiger partial charge in [0.05, 0.1) is 17.3 Å². The highest BCUT2D eigenvalue weighted by atomic mass is 32.2. The molecule has 9 heteroatoms. The molecule has 1 aliphatic heterocycles. The van der Waals surface area contributed by atoms with Gasteiger partial charge < -0.3 is 10.2 Å². The molecule has 1 unspecified atom stereocenters. The summed E-state index contributed by atoms with van der Waals surface area (Å²) < 4.78 is 25.3. The minimum atomic E-state index is -3.90. The summed E-state index contributed by atoms with van der Waals surface area (Å²) in [5, 5.41) is 19.0. The first-order valence-electron chi connectivity index (χ1n) is 5.17. The second-order valence-electron chi connectivity index (χ2n) is 4.02. The Morgan fingerprint density at radius 1 is 1.61 bits per heavy atom. The molecule has 0 radical (unpaired) electrons. The van der Waals surface area contributed by atoms with Gasteiger partial charge in [-0.25, -0.2) is 13.4 Å². The van der Waals surface area contributed by atoms with Crippen LogP contribution in [0.2, 0.25) is 0 Å². The first-order valence-corrected chi connectivity index (χ1v) is 7.43. The monoisotopic (exact) mass is 292 g/mol. The SMILES string of the molecule is Cc1ncc(S(=O)(=O)N2CC(O)C[C@H]2C(=O)O)s1. The summed E-state index contributed by atoms with van der Waals surface area (Å²) in [6, 6.07) is -1.22. The summed E-state index contributed by atoms with van der Waals surface area (Å²) >= 11 is 0.981. The van der Waals surface area contributed by atoms with Crippen molar-refractivity contribution >= 4 is 27.3 Å². The Bertz CT molecular complexity index is 567. The van der Waals surface area contributed by atoms with Gasteiger partial charge in [0, 0.05) is 13.0 Å². The number of carboxylic acids is 1. The second kappa shape index (κ2) is 4.57. The highest BCUT2D eigenvalue weighted by molar-refractivity contribution is 7.91. The summed E-state index contributed by atoms with van der Waals surface area (Å²) in [4.78, 5) is 14.9. The van der Waals surface area contributed by atoms with Gasteiger partial charge in [0.25, 0.3) is 10.0 Å². The number of carbonyl (C=O) groups is 1. The summed E-state index contributed by atoms with van der Waals surface area (Å²) in [7, 11) is -3.90. The Morgan fingerprint density at radius 3 is 2.78 bits per heavy atom. The number of thiazole rings is 1. The molecule has 2 rings (SSSR count). The summed E-state index contributed by atoms with van der Waals surface area (Å²) in [5.41, 5.74) is 0. The summed E-state index contributed by atoms with van der Waals surface area (Å²) in [6.45, 7) is 1.47. The molecule has 1 aliphatic rings. The molecule has 0 spiro atoms. The molecule has 2 N–H and O–H groups in total. The van der Waals surface area contributed by atoms with Crippen LogP contribution in [0.5, 0.6) is 0 Å². The molecule has 1 saturated heterocycles. The summed E-state index contributed by atoms with van der Waals surface area (Å²) in [5.74, 6) is -1.25. The lowest BCUT2D eigenvalue weighted by Crippen LogP contribution is -2.40. The van der Waals surface area contributed by atoms with Gasteiger partial charge in [-0.3, -0.25) is 4.79 Å². The van der Waals surface area contributed by atoms with Crippen LogP contribution >= 0.6 is 11.3 Å². The summed E-state index contributed by atoms with van der Waals surface area (Å²) in [6.07, 6.45) is 0.167. The van der Waals surface area contributed by atoms with E-state index in [1.165, 1.54) is 6.20 Å². The topological polar surface area (TPSA) is 108 Å². The van der Waals surface area contributed by atoms with Crippen LogP contribution in [0.25, 0.3) is 0 Å². The van der Waals surface area contributed by atoms with Crippen LogP contribution in [0, 0.1) is 6.92 Å². The normalized spacial score (nSPS) is 25.4. The molecular weight excluding hydrogens is 280 g/mol. The van der Waals surface area contributed by atoms with E-state index in [9.17, 15) is 18.3 Å². The third-order valence-corrected chi connectivity index (χ3v) is 5.91. The maximum Gasteiger partial charge on any atom is 0.322 e. The molecule has 2 heterocycles. The number of hydrogen-bond acceptors (Lipinski definition) is 6. The van der Waals surface area contributed by atoms with Crippen LogP contribution in [0.4, 0.5) is 0 Å². The molecule has 0 saturated carbocycles. The lowest BCUT2D eigenvalue weighted by Gasteiger charge is -2.19. The predicted octanol–water partition coefficient (Wildman–Crippen LogP) is -0.340. The van der Waals surface area contributed by atoms with Crippen LogP contribution in [-0.2, 0) is 14.8 Å². The molecule has 0 aliphatic carbocycles. The first-order chi connectivity index (χ1) is 8.32. The third kappa shape index (κ3) is 2.26. The Labute approximate surface area is 108 Å². The second-order valence-corrected chi connectivity index (χ2v) is 7.37. The van der Waals surface area contributed by atoms with Crippen molar-refractivity contribution in [2.24, 2.45) is 0 Å². The number of carboxylic acid groups (broad SMARTS) is 1. The molecule has 1 aromatic heterocycles. The van der Waals surface area contributed by atoms with Crippen molar-refractivity contribution in [1.29, 1.82) is 0 Å². The van der Waals surface area contributed by atoms with Crippen molar-refractivity contribution in [3.05, 3.63) is 11.2 Å². The number of aliphatic carboxylic acids is 1. The van der Waals surface area contributed by atoms with Crippen LogP contribution < -0.4 is 0 Å². The van der Waals surface area contributed by atoms with E-state index in [-0.39, 0.29) is 17.2 Å². The van der Waals surface area contributed by atoms with Crippen molar-refractivity contribution in [2.45, 2.75) is 29.7 Å². The number of β-amino-alcohol motifs (C(OH)–C–C–N with tert-alkyl or cyclic N) is 1. The zero-order chi connectivity index (χ0) is 13.5. The Morgan fingerprint density at radius 2 is 2.28 bits per heavy atom. The number of hydrogen-bond donors (Lipinski definition) is 2. The lowest BCUT2D eigenvalue weighted by atomic mass is 10.2. The molecule has 1 aromatic rings. The van der Waals surface area contributed by atoms with E-state index in [0.29, 0.717) is 5.01 Å². The maximum atomic E-state index is 12.2. The van der Waals surface area contributed by atoms with Crippen LogP contribution in [0.15, 0.2) is 10.4 Å². The number of aromatic nitrogens is 1. The molecule has 0 aromatic carbocycles. The van der Waals surface area contributed by atoms with E-state index in [1.807, 2.05) is 0 Å². The van der Waals surface area contributed by atoms with E-state index >= 15 is 0 Å². The van der Waals surface area contributed by atoms with Gasteiger partial charge in [-0.05, 0) is 6.92 Å². The molecular formula is C9H12N2O5S2. The number of aryl methyl sites for hydroxylation is 1. The van der Waals surface area contributed by atoms with Gasteiger partial charge in [0.15, 0.2) is 4.21 Å². The minimum absolute atomic E-state index is 0.000324. The standard InChI is InChI=1S/C9H12N2O5S2/c1-5-10-3-8(17-5)18(15,16)11-4-6(12)2-7(11)9(13)14/h3,6-7,12H,2,4H2,1H3,(H,13,14)/t6?,7-/m0/s1. The van der Waals surface area contributed by atoms with E-state index in [0.717, 1.165) is 15.6 Å². The van der Waals surface area contributed by atoms with Gasteiger partial charge in [-0.1, -0.05) is 0 Å². The van der Waals surface area contributed by atoms with Gasteiger partial charge >= 0.3 is 5.97 Å². The smallest absolute Gasteiger partial charge is 0.322 e. The maximum absolute atomic E-state index is 12.2. The van der Waals surface area contributed by atoms with Gasteiger partial charge in [0.2, 0.25) is 0 Å². The minimum Gasteiger partial charge on any atom is -0.480 e. The quantitative estimate of drug-likeness (QED) is 0.789. The van der Waals surface area contributed by atoms with E-state index in [2.05, 4.69) is 4.98 Å². The van der Waals surface area contributed by atoms with E-state index in [1.54, 1.807) is 6.92 Å². The molecule has 1 fully saturated rings. The fourth-order valence-corrected chi connectivity index (χ4v) is 4.72. The Hall–Kier alpha value is -1.03. The zero-order valence-electron chi connectivity index (χ0n) is 9.48. The molecule has 7 nitrogen and oxygen atoms in total. The number of rotatable bonds is 3. The van der Waals surface area contributed by atoms with Crippen LogP contribution in [0.3, 0.4) is 0 Å². The zero-order valence-corrected chi connectivity index (χ0v) is 11.1. The molecule has 0 bridgehead atoms. The van der Waals surface area contributed by atoms with Crippen molar-refractivity contribution < 1.29 is 23.4 Å². The highest BCUT2D eigenvalue weighted by Gasteiger charge is 2.44. The molecule has 0 amide bonds. The van der Waals surface area contributed by atoms with E-state index < -0.39 is 28.1 Å². The van der Waals surface area contributed by atoms with Crippen molar-refractivity contribution in [3.63, 3.8) is 0 Å². The third-order valence-electron chi connectivity index (χ3n) is 2.68. The van der Waals surface area contributed by atoms with Gasteiger partial charge in [0.1, 0.15) is 6.04 Å². The molecule has 18 heavy (non-hydrogen) atoms. The van der Waals surface area contributed by atoms with Crippen molar-refractivity contribution in [1.82, 2.24) is 9.29 Å². The molecule has 2 atom stereocenters. The number of aliphatic hydroxyl groups is 1. The first kappa shape index (κ1) is 13.4.